The van der Waals surface area contributed by atoms with Gasteiger partial charge >= 0.3 is 0 Å². The number of nitrogens with one attached hydrogen (secondary N) is 1. The van der Waals surface area contributed by atoms with Crippen molar-refractivity contribution >= 4 is 11.4 Å². The van der Waals surface area contributed by atoms with Crippen LogP contribution in [0.25, 0.3) is 0 Å². The Morgan fingerprint density at radius 2 is 2.00 bits per heavy atom. The van der Waals surface area contributed by atoms with Crippen molar-refractivity contribution in [2.75, 3.05) is 18.2 Å². The van der Waals surface area contributed by atoms with Gasteiger partial charge < -0.3 is 15.8 Å². The van der Waals surface area contributed by atoms with E-state index in [9.17, 15) is 0 Å². The average molecular weight is 274 g/mol. The summed E-state index contributed by atoms with van der Waals surface area (Å²) in [5, 5.41) is 3.76. The molecule has 3 unspecified atom stereocenters. The summed E-state index contributed by atoms with van der Waals surface area (Å²) in [6.45, 7) is 7.25. The number of rotatable bonds is 3. The van der Waals surface area contributed by atoms with Gasteiger partial charge in [0, 0.05) is 29.5 Å². The van der Waals surface area contributed by atoms with E-state index < -0.39 is 0 Å². The Bertz CT molecular complexity index is 521. The highest BCUT2D eigenvalue weighted by atomic mass is 16.5. The number of anilines is 2. The van der Waals surface area contributed by atoms with Crippen molar-refractivity contribution < 1.29 is 4.74 Å². The van der Waals surface area contributed by atoms with Gasteiger partial charge in [0.05, 0.1) is 7.11 Å². The quantitative estimate of drug-likeness (QED) is 0.822. The van der Waals surface area contributed by atoms with Gasteiger partial charge in [-0.3, -0.25) is 0 Å². The third-order valence-corrected chi connectivity index (χ3v) is 5.75. The normalized spacial score (nSPS) is 34.2. The molecular weight excluding hydrogens is 248 g/mol. The van der Waals surface area contributed by atoms with E-state index in [0.29, 0.717) is 16.9 Å². The van der Waals surface area contributed by atoms with E-state index >= 15 is 0 Å². The van der Waals surface area contributed by atoms with Gasteiger partial charge in [0.2, 0.25) is 0 Å². The Labute approximate surface area is 121 Å². The highest BCUT2D eigenvalue weighted by molar-refractivity contribution is 5.60. The minimum Gasteiger partial charge on any atom is -0.497 e. The van der Waals surface area contributed by atoms with Crippen molar-refractivity contribution in [3.8, 4) is 5.75 Å². The van der Waals surface area contributed by atoms with Crippen LogP contribution in [-0.4, -0.2) is 13.2 Å². The second-order valence-corrected chi connectivity index (χ2v) is 7.49. The van der Waals surface area contributed by atoms with Crippen molar-refractivity contribution in [1.82, 2.24) is 0 Å². The third-order valence-electron chi connectivity index (χ3n) is 5.75. The van der Waals surface area contributed by atoms with Gasteiger partial charge in [0.15, 0.2) is 0 Å². The number of nitrogens with two attached hydrogens (primary N) is 1. The van der Waals surface area contributed by atoms with Gasteiger partial charge in [-0.15, -0.1) is 0 Å². The fourth-order valence-electron chi connectivity index (χ4n) is 4.65. The van der Waals surface area contributed by atoms with Gasteiger partial charge in [-0.25, -0.2) is 0 Å². The van der Waals surface area contributed by atoms with Crippen LogP contribution in [0.15, 0.2) is 18.2 Å². The minimum atomic E-state index is 0.338. The molecule has 2 fully saturated rings. The molecule has 2 aliphatic rings. The van der Waals surface area contributed by atoms with Crippen LogP contribution in [-0.2, 0) is 0 Å². The zero-order chi connectivity index (χ0) is 14.5. The molecule has 0 aliphatic heterocycles. The molecule has 0 saturated heterocycles. The van der Waals surface area contributed by atoms with Crippen LogP contribution >= 0.6 is 0 Å². The van der Waals surface area contributed by atoms with Crippen LogP contribution in [0.3, 0.4) is 0 Å². The summed E-state index contributed by atoms with van der Waals surface area (Å²) in [6, 6.07) is 6.41. The Balaban J connectivity index is 1.89. The van der Waals surface area contributed by atoms with Crippen molar-refractivity contribution in [3.05, 3.63) is 18.2 Å². The first kappa shape index (κ1) is 13.6. The van der Waals surface area contributed by atoms with E-state index in [1.54, 1.807) is 7.11 Å². The molecule has 0 radical (unpaired) electrons. The Kier molecular flexibility index (Phi) is 2.93. The molecule has 1 aromatic carbocycles. The summed E-state index contributed by atoms with van der Waals surface area (Å²) in [6.07, 6.45) is 4.05. The molecular formula is C17H26N2O. The molecule has 3 atom stereocenters. The van der Waals surface area contributed by atoms with Gasteiger partial charge in [0.1, 0.15) is 5.75 Å². The molecule has 2 saturated carbocycles. The summed E-state index contributed by atoms with van der Waals surface area (Å²) in [5.41, 5.74) is 8.54. The van der Waals surface area contributed by atoms with Crippen LogP contribution < -0.4 is 15.8 Å². The first-order valence-corrected chi connectivity index (χ1v) is 7.56. The van der Waals surface area contributed by atoms with Crippen molar-refractivity contribution in [1.29, 1.82) is 0 Å². The standard InChI is InChI=1S/C17H26N2O/c1-16(2)11-5-6-17(3,10-11)15(16)19-13-7-12(18)8-14(9-13)20-4/h7-9,11,15,19H,5-6,10,18H2,1-4H3. The lowest BCUT2D eigenvalue weighted by molar-refractivity contribution is 0.155. The molecule has 3 nitrogen and oxygen atoms in total. The number of nitrogen functional groups attached to an aromatic ring is 1. The first-order chi connectivity index (χ1) is 9.35. The predicted molar refractivity (Wildman–Crippen MR) is 84.0 cm³/mol. The van der Waals surface area contributed by atoms with E-state index in [4.69, 9.17) is 10.5 Å². The summed E-state index contributed by atoms with van der Waals surface area (Å²) in [4.78, 5) is 0. The summed E-state index contributed by atoms with van der Waals surface area (Å²) in [7, 11) is 1.68. The Morgan fingerprint density at radius 1 is 1.25 bits per heavy atom. The predicted octanol–water partition coefficient (Wildman–Crippen LogP) is 3.90. The molecule has 20 heavy (non-hydrogen) atoms. The fraction of sp³-hybridized carbons (Fsp3) is 0.647. The summed E-state index contributed by atoms with van der Waals surface area (Å²) >= 11 is 0. The van der Waals surface area contributed by atoms with E-state index in [0.717, 1.165) is 23.0 Å². The van der Waals surface area contributed by atoms with Crippen molar-refractivity contribution in [3.63, 3.8) is 0 Å². The number of fused-ring (bicyclic) bond motifs is 2. The van der Waals surface area contributed by atoms with Crippen LogP contribution in [0.4, 0.5) is 11.4 Å². The minimum absolute atomic E-state index is 0.338. The van der Waals surface area contributed by atoms with E-state index in [2.05, 4.69) is 26.1 Å². The fourth-order valence-corrected chi connectivity index (χ4v) is 4.65. The monoisotopic (exact) mass is 274 g/mol. The molecule has 2 bridgehead atoms. The molecule has 110 valence electrons. The smallest absolute Gasteiger partial charge is 0.122 e. The second kappa shape index (κ2) is 4.31. The maximum absolute atomic E-state index is 5.97. The zero-order valence-electron chi connectivity index (χ0n) is 13.0. The highest BCUT2D eigenvalue weighted by Gasteiger charge is 2.59. The summed E-state index contributed by atoms with van der Waals surface area (Å²) < 4.78 is 5.32. The van der Waals surface area contributed by atoms with Gasteiger partial charge in [-0.1, -0.05) is 20.8 Å². The highest BCUT2D eigenvalue weighted by Crippen LogP contribution is 2.63. The number of benzene rings is 1. The van der Waals surface area contributed by atoms with Gasteiger partial charge in [-0.05, 0) is 42.1 Å². The van der Waals surface area contributed by atoms with Crippen LogP contribution in [0, 0.1) is 16.7 Å². The Morgan fingerprint density at radius 3 is 2.60 bits per heavy atom. The Hall–Kier alpha value is -1.38. The topological polar surface area (TPSA) is 47.3 Å². The maximum atomic E-state index is 5.97. The second-order valence-electron chi connectivity index (χ2n) is 7.49. The molecule has 0 spiro atoms. The average Bonchev–Trinajstić information content (AvgIpc) is 2.85. The number of ether oxygens (including phenoxy) is 1. The first-order valence-electron chi connectivity index (χ1n) is 7.56. The van der Waals surface area contributed by atoms with Gasteiger partial charge in [0.25, 0.3) is 0 Å². The summed E-state index contributed by atoms with van der Waals surface area (Å²) in [5.74, 6) is 1.66. The molecule has 3 rings (SSSR count). The molecule has 3 N–H and O–H groups in total. The molecule has 3 heteroatoms. The molecule has 0 amide bonds. The third kappa shape index (κ3) is 1.95. The lowest BCUT2D eigenvalue weighted by atomic mass is 9.68. The molecule has 1 aromatic rings. The lowest BCUT2D eigenvalue weighted by Crippen LogP contribution is -2.45. The largest absolute Gasteiger partial charge is 0.497 e. The van der Waals surface area contributed by atoms with E-state index in [1.807, 2.05) is 18.2 Å². The zero-order valence-corrected chi connectivity index (χ0v) is 13.0. The van der Waals surface area contributed by atoms with Crippen LogP contribution in [0.5, 0.6) is 5.75 Å². The van der Waals surface area contributed by atoms with Crippen LogP contribution in [0.1, 0.15) is 40.0 Å². The van der Waals surface area contributed by atoms with Crippen LogP contribution in [0.2, 0.25) is 0 Å². The van der Waals surface area contributed by atoms with Crippen molar-refractivity contribution in [2.24, 2.45) is 16.7 Å². The molecule has 2 aliphatic carbocycles. The van der Waals surface area contributed by atoms with E-state index in [1.165, 1.54) is 19.3 Å². The lowest BCUT2D eigenvalue weighted by Gasteiger charge is -2.43. The van der Waals surface area contributed by atoms with Crippen molar-refractivity contribution in [2.45, 2.75) is 46.1 Å². The number of methoxy groups -OCH3 is 1. The number of hydrogen-bond donors (Lipinski definition) is 2. The molecule has 0 heterocycles. The SMILES string of the molecule is COc1cc(N)cc(NC2C3(C)CCC(C3)C2(C)C)c1. The maximum Gasteiger partial charge on any atom is 0.122 e. The molecule has 0 aromatic heterocycles. The van der Waals surface area contributed by atoms with E-state index in [-0.39, 0.29) is 0 Å². The van der Waals surface area contributed by atoms with Gasteiger partial charge in [-0.2, -0.15) is 0 Å². The number of hydrogen-bond acceptors (Lipinski definition) is 3.